The van der Waals surface area contributed by atoms with Gasteiger partial charge >= 0.3 is 12.2 Å². The lowest BCUT2D eigenvalue weighted by Crippen LogP contribution is -2.46. The van der Waals surface area contributed by atoms with Gasteiger partial charge in [-0.2, -0.15) is 18.2 Å². The van der Waals surface area contributed by atoms with Gasteiger partial charge in [0.05, 0.1) is 23.8 Å². The highest BCUT2D eigenvalue weighted by Crippen LogP contribution is 2.34. The van der Waals surface area contributed by atoms with Gasteiger partial charge < -0.3 is 21.7 Å². The number of alkyl halides is 3. The molecule has 5 N–H and O–H groups in total. The summed E-state index contributed by atoms with van der Waals surface area (Å²) in [6.45, 7) is 3.51. The van der Waals surface area contributed by atoms with Crippen molar-refractivity contribution < 1.29 is 27.6 Å². The number of hydrogen-bond acceptors (Lipinski definition) is 7. The van der Waals surface area contributed by atoms with Crippen molar-refractivity contribution in [2.45, 2.75) is 32.6 Å². The van der Waals surface area contributed by atoms with Crippen molar-refractivity contribution >= 4 is 52.4 Å². The van der Waals surface area contributed by atoms with Crippen LogP contribution in [-0.4, -0.2) is 40.9 Å². The molecule has 232 valence electrons. The fourth-order valence-corrected chi connectivity index (χ4v) is 4.64. The van der Waals surface area contributed by atoms with E-state index in [1.165, 1.54) is 21.9 Å². The largest absolute Gasteiger partial charge is 0.416 e. The molecule has 5 rings (SSSR count). The summed E-state index contributed by atoms with van der Waals surface area (Å²) >= 11 is 0. The Kier molecular flexibility index (Phi) is 8.42. The smallest absolute Gasteiger partial charge is 0.325 e. The molecule has 1 atom stereocenters. The average molecular weight is 619 g/mol. The second-order valence-corrected chi connectivity index (χ2v) is 10.5. The van der Waals surface area contributed by atoms with Crippen LogP contribution in [0, 0.1) is 6.92 Å². The number of aryl methyl sites for hydroxylation is 1. The van der Waals surface area contributed by atoms with Crippen molar-refractivity contribution in [3.05, 3.63) is 95.2 Å². The van der Waals surface area contributed by atoms with E-state index >= 15 is 0 Å². The maximum absolute atomic E-state index is 13.5. The van der Waals surface area contributed by atoms with Crippen molar-refractivity contribution in [1.82, 2.24) is 9.97 Å². The van der Waals surface area contributed by atoms with Crippen LogP contribution in [0.1, 0.15) is 34.0 Å². The molecule has 0 bridgehead atoms. The highest BCUT2D eigenvalue weighted by Gasteiger charge is 2.32. The third kappa shape index (κ3) is 6.86. The van der Waals surface area contributed by atoms with Crippen LogP contribution in [0.5, 0.6) is 0 Å². The Morgan fingerprint density at radius 1 is 0.978 bits per heavy atom. The highest BCUT2D eigenvalue weighted by molar-refractivity contribution is 6.07. The molecule has 45 heavy (non-hydrogen) atoms. The number of halogens is 3. The van der Waals surface area contributed by atoms with Crippen LogP contribution in [0.25, 0.3) is 0 Å². The minimum atomic E-state index is -4.58. The number of anilines is 6. The van der Waals surface area contributed by atoms with E-state index in [-0.39, 0.29) is 24.0 Å². The number of nitrogens with zero attached hydrogens (tertiary/aromatic N) is 4. The predicted octanol–water partition coefficient (Wildman–Crippen LogP) is 5.66. The number of rotatable bonds is 7. The summed E-state index contributed by atoms with van der Waals surface area (Å²) < 4.78 is 39.4. The molecule has 3 aromatic carbocycles. The van der Waals surface area contributed by atoms with E-state index in [2.05, 4.69) is 25.9 Å². The second-order valence-electron chi connectivity index (χ2n) is 10.5. The van der Waals surface area contributed by atoms with Crippen LogP contribution in [0.4, 0.5) is 52.5 Å². The Morgan fingerprint density at radius 3 is 2.42 bits per heavy atom. The van der Waals surface area contributed by atoms with Gasteiger partial charge in [-0.05, 0) is 67.9 Å². The summed E-state index contributed by atoms with van der Waals surface area (Å²) in [7, 11) is 1.57. The van der Waals surface area contributed by atoms with Crippen molar-refractivity contribution in [3.8, 4) is 0 Å². The van der Waals surface area contributed by atoms with E-state index < -0.39 is 29.7 Å². The maximum Gasteiger partial charge on any atom is 0.416 e. The first-order valence-corrected chi connectivity index (χ1v) is 13.7. The summed E-state index contributed by atoms with van der Waals surface area (Å²) in [6.07, 6.45) is -2.99. The monoisotopic (exact) mass is 618 g/mol. The number of fused-ring (bicyclic) bond motifs is 1. The third-order valence-electron chi connectivity index (χ3n) is 7.02. The highest BCUT2D eigenvalue weighted by atomic mass is 19.4. The van der Waals surface area contributed by atoms with Gasteiger partial charge in [-0.25, -0.2) is 9.78 Å². The number of amides is 4. The lowest BCUT2D eigenvalue weighted by molar-refractivity contribution is -0.137. The number of benzene rings is 3. The molecular weight excluding hydrogens is 589 g/mol. The Morgan fingerprint density at radius 2 is 1.69 bits per heavy atom. The van der Waals surface area contributed by atoms with Crippen LogP contribution in [0.15, 0.2) is 72.9 Å². The number of urea groups is 1. The maximum atomic E-state index is 13.5. The Hall–Kier alpha value is -5.50. The van der Waals surface area contributed by atoms with Crippen molar-refractivity contribution in [3.63, 3.8) is 0 Å². The molecule has 0 fully saturated rings. The number of nitrogens with one attached hydrogen (secondary N) is 3. The standard InChI is InChI=1S/C31H29F3N8O3/c1-17-10-11-24(38-28(44)19-6-4-7-21(12-19)31(32,33)34)14-25(17)42-16-20-15-36-29(40-26(20)41(3)30(42)45)39-23-9-5-8-22(13-23)37-27(43)18(2)35/h4-15,18H,16,35H2,1-3H3,(H,37,43)(H,38,44)(H,36,39,40). The number of carbonyl (C=O) groups is 3. The summed E-state index contributed by atoms with van der Waals surface area (Å²) in [4.78, 5) is 50.1. The first kappa shape index (κ1) is 30.9. The normalized spacial score (nSPS) is 13.6. The molecule has 0 saturated carbocycles. The minimum Gasteiger partial charge on any atom is -0.325 e. The number of aromatic nitrogens is 2. The van der Waals surface area contributed by atoms with E-state index in [1.54, 1.807) is 69.6 Å². The summed E-state index contributed by atoms with van der Waals surface area (Å²) in [6, 6.07) is 14.9. The van der Waals surface area contributed by atoms with Crippen LogP contribution >= 0.6 is 0 Å². The van der Waals surface area contributed by atoms with Gasteiger partial charge in [-0.3, -0.25) is 19.4 Å². The molecule has 0 aliphatic carbocycles. The van der Waals surface area contributed by atoms with Crippen molar-refractivity contribution in [2.75, 3.05) is 32.8 Å². The molecule has 1 unspecified atom stereocenters. The van der Waals surface area contributed by atoms with Gasteiger partial charge in [-0.15, -0.1) is 0 Å². The first-order chi connectivity index (χ1) is 21.3. The number of carbonyl (C=O) groups excluding carboxylic acids is 3. The molecule has 1 aromatic heterocycles. The molecule has 1 aliphatic heterocycles. The SMILES string of the molecule is Cc1ccc(NC(=O)c2cccc(C(F)(F)F)c2)cc1N1Cc2cnc(Nc3cccc(NC(=O)C(C)N)c3)nc2N(C)C1=O. The molecule has 0 saturated heterocycles. The molecule has 4 aromatic rings. The van der Waals surface area contributed by atoms with E-state index in [0.717, 1.165) is 17.7 Å². The summed E-state index contributed by atoms with van der Waals surface area (Å²) in [5, 5.41) is 8.41. The van der Waals surface area contributed by atoms with E-state index in [1.807, 2.05) is 0 Å². The molecule has 4 amide bonds. The van der Waals surface area contributed by atoms with Gasteiger partial charge in [0.2, 0.25) is 11.9 Å². The lowest BCUT2D eigenvalue weighted by atomic mass is 10.1. The first-order valence-electron chi connectivity index (χ1n) is 13.7. The Balaban J connectivity index is 1.34. The molecule has 0 spiro atoms. The molecule has 14 heteroatoms. The fraction of sp³-hybridized carbons (Fsp3) is 0.194. The zero-order valence-electron chi connectivity index (χ0n) is 24.4. The van der Waals surface area contributed by atoms with Gasteiger partial charge in [0.1, 0.15) is 5.82 Å². The van der Waals surface area contributed by atoms with Crippen LogP contribution < -0.4 is 31.5 Å². The van der Waals surface area contributed by atoms with E-state index in [4.69, 9.17) is 5.73 Å². The average Bonchev–Trinajstić information content (AvgIpc) is 3.00. The van der Waals surface area contributed by atoms with Crippen molar-refractivity contribution in [1.29, 1.82) is 0 Å². The minimum absolute atomic E-state index is 0.128. The zero-order chi connectivity index (χ0) is 32.5. The van der Waals surface area contributed by atoms with E-state index in [0.29, 0.717) is 34.1 Å². The summed E-state index contributed by atoms with van der Waals surface area (Å²) in [5.74, 6) is -0.436. The van der Waals surface area contributed by atoms with Gasteiger partial charge in [0.25, 0.3) is 5.91 Å². The third-order valence-corrected chi connectivity index (χ3v) is 7.02. The van der Waals surface area contributed by atoms with Crippen molar-refractivity contribution in [2.24, 2.45) is 5.73 Å². The lowest BCUT2D eigenvalue weighted by Gasteiger charge is -2.35. The molecule has 0 radical (unpaired) electrons. The van der Waals surface area contributed by atoms with Gasteiger partial charge in [-0.1, -0.05) is 18.2 Å². The second kappa shape index (κ2) is 12.2. The number of hydrogen-bond donors (Lipinski definition) is 4. The molecular formula is C31H29F3N8O3. The molecule has 11 nitrogen and oxygen atoms in total. The summed E-state index contributed by atoms with van der Waals surface area (Å²) in [5.41, 5.74) is 7.85. The van der Waals surface area contributed by atoms with Gasteiger partial charge in [0.15, 0.2) is 0 Å². The fourth-order valence-electron chi connectivity index (χ4n) is 4.64. The number of nitrogens with two attached hydrogens (primary N) is 1. The quantitative estimate of drug-likeness (QED) is 0.209. The zero-order valence-corrected chi connectivity index (χ0v) is 24.4. The topological polar surface area (TPSA) is 146 Å². The van der Waals surface area contributed by atoms with Gasteiger partial charge in [0, 0.05) is 41.4 Å². The van der Waals surface area contributed by atoms with Crippen LogP contribution in [0.3, 0.4) is 0 Å². The van der Waals surface area contributed by atoms with Crippen LogP contribution in [0.2, 0.25) is 0 Å². The Bertz CT molecular complexity index is 1790. The van der Waals surface area contributed by atoms with Crippen LogP contribution in [-0.2, 0) is 17.5 Å². The molecule has 2 heterocycles. The van der Waals surface area contributed by atoms with E-state index in [9.17, 15) is 27.6 Å². The Labute approximate surface area is 256 Å². The molecule has 1 aliphatic rings. The predicted molar refractivity (Wildman–Crippen MR) is 165 cm³/mol.